The minimum absolute atomic E-state index is 0.136. The maximum Gasteiger partial charge on any atom is 0.256 e. The minimum Gasteiger partial charge on any atom is -0.306 e. The number of fused-ring (bicyclic) bond motifs is 5. The first-order valence-electron chi connectivity index (χ1n) is 12.9. The van der Waals surface area contributed by atoms with Gasteiger partial charge >= 0.3 is 0 Å². The van der Waals surface area contributed by atoms with E-state index in [1.54, 1.807) is 0 Å². The number of benzene rings is 4. The van der Waals surface area contributed by atoms with Crippen LogP contribution in [0.4, 0.5) is 5.82 Å². The fourth-order valence-corrected chi connectivity index (χ4v) is 5.92. The van der Waals surface area contributed by atoms with E-state index in [1.165, 1.54) is 33.0 Å². The number of hydrogen-bond donors (Lipinski definition) is 1. The third-order valence-electron chi connectivity index (χ3n) is 7.77. The van der Waals surface area contributed by atoms with Gasteiger partial charge in [0, 0.05) is 22.4 Å². The largest absolute Gasteiger partial charge is 0.306 e. The summed E-state index contributed by atoms with van der Waals surface area (Å²) in [4.78, 5) is 18.0. The Morgan fingerprint density at radius 2 is 1.59 bits per heavy atom. The zero-order chi connectivity index (χ0) is 24.8. The maximum atomic E-state index is 13.1. The topological polar surface area (TPSA) is 42.0 Å². The first-order chi connectivity index (χ1) is 18.2. The number of rotatable bonds is 3. The molecule has 0 aliphatic heterocycles. The maximum absolute atomic E-state index is 13.1. The molecule has 1 amide bonds. The number of anilines is 1. The molecule has 5 aromatic rings. The number of hydrogen-bond acceptors (Lipinski definition) is 2. The third-order valence-corrected chi connectivity index (χ3v) is 7.77. The fraction of sp³-hybridized carbons (Fsp3) is 0.118. The van der Waals surface area contributed by atoms with E-state index in [0.717, 1.165) is 35.7 Å². The number of para-hydroxylation sites is 1. The van der Waals surface area contributed by atoms with Gasteiger partial charge in [-0.15, -0.1) is 0 Å². The van der Waals surface area contributed by atoms with Crippen molar-refractivity contribution in [2.45, 2.75) is 25.2 Å². The summed E-state index contributed by atoms with van der Waals surface area (Å²) in [5.41, 5.74) is 8.26. The van der Waals surface area contributed by atoms with E-state index in [1.807, 2.05) is 48.5 Å². The molecule has 0 bridgehead atoms. The van der Waals surface area contributed by atoms with Crippen molar-refractivity contribution < 1.29 is 4.79 Å². The smallest absolute Gasteiger partial charge is 0.256 e. The highest BCUT2D eigenvalue weighted by Crippen LogP contribution is 2.44. The van der Waals surface area contributed by atoms with Crippen LogP contribution in [0.2, 0.25) is 0 Å². The third kappa shape index (κ3) is 3.84. The molecule has 1 N–H and O–H groups in total. The van der Waals surface area contributed by atoms with Crippen LogP contribution >= 0.6 is 0 Å². The molecule has 0 saturated heterocycles. The molecular weight excluding hydrogens is 452 g/mol. The Kier molecular flexibility index (Phi) is 5.21. The number of carbonyl (C=O) groups excluding carboxylic acids is 1. The van der Waals surface area contributed by atoms with Crippen molar-refractivity contribution >= 4 is 39.0 Å². The summed E-state index contributed by atoms with van der Waals surface area (Å²) in [6.07, 6.45) is 7.65. The Morgan fingerprint density at radius 1 is 0.811 bits per heavy atom. The second-order valence-electron chi connectivity index (χ2n) is 9.94. The molecule has 1 atom stereocenters. The lowest BCUT2D eigenvalue weighted by atomic mass is 9.75. The zero-order valence-corrected chi connectivity index (χ0v) is 20.4. The summed E-state index contributed by atoms with van der Waals surface area (Å²) in [5, 5.41) is 6.89. The first kappa shape index (κ1) is 21.8. The highest BCUT2D eigenvalue weighted by atomic mass is 16.1. The molecule has 1 unspecified atom stereocenters. The summed E-state index contributed by atoms with van der Waals surface area (Å²) < 4.78 is 0. The second kappa shape index (κ2) is 8.86. The van der Waals surface area contributed by atoms with Gasteiger partial charge in [-0.3, -0.25) is 4.79 Å². The Morgan fingerprint density at radius 3 is 2.49 bits per heavy atom. The SMILES string of the molecule is O=C(Nc1nc2ccccc2cc1C1C=CC2=C(CCc3c2ccc2ccccc32)C1)c1ccccc1. The molecule has 7 rings (SSSR count). The lowest BCUT2D eigenvalue weighted by Gasteiger charge is -2.29. The van der Waals surface area contributed by atoms with Gasteiger partial charge in [0.2, 0.25) is 0 Å². The van der Waals surface area contributed by atoms with Crippen molar-refractivity contribution in [2.75, 3.05) is 5.32 Å². The Balaban J connectivity index is 1.27. The van der Waals surface area contributed by atoms with Gasteiger partial charge in [0.15, 0.2) is 0 Å². The number of aryl methyl sites for hydroxylation is 1. The highest BCUT2D eigenvalue weighted by molar-refractivity contribution is 6.04. The average Bonchev–Trinajstić information content (AvgIpc) is 2.96. The fourth-order valence-electron chi connectivity index (χ4n) is 5.92. The van der Waals surface area contributed by atoms with Crippen LogP contribution in [0.5, 0.6) is 0 Å². The molecule has 2 aliphatic carbocycles. The van der Waals surface area contributed by atoms with Gasteiger partial charge in [0.1, 0.15) is 5.82 Å². The second-order valence-corrected chi connectivity index (χ2v) is 9.94. The number of nitrogens with one attached hydrogen (secondary N) is 1. The summed E-state index contributed by atoms with van der Waals surface area (Å²) in [6.45, 7) is 0. The molecule has 0 radical (unpaired) electrons. The number of allylic oxidation sites excluding steroid dienone is 4. The summed E-state index contributed by atoms with van der Waals surface area (Å²) in [7, 11) is 0. The van der Waals surface area contributed by atoms with Crippen molar-refractivity contribution in [1.82, 2.24) is 4.98 Å². The van der Waals surface area contributed by atoms with Crippen LogP contribution in [0.25, 0.3) is 27.2 Å². The quantitative estimate of drug-likeness (QED) is 0.285. The number of aromatic nitrogens is 1. The number of carbonyl (C=O) groups is 1. The normalized spacial score (nSPS) is 16.5. The molecule has 3 nitrogen and oxygen atoms in total. The molecule has 2 aliphatic rings. The van der Waals surface area contributed by atoms with Crippen molar-refractivity contribution in [2.24, 2.45) is 0 Å². The predicted octanol–water partition coefficient (Wildman–Crippen LogP) is 8.08. The van der Waals surface area contributed by atoms with Crippen LogP contribution in [0, 0.1) is 0 Å². The summed E-state index contributed by atoms with van der Waals surface area (Å²) in [6, 6.07) is 32.9. The number of amides is 1. The summed E-state index contributed by atoms with van der Waals surface area (Å²) >= 11 is 0. The van der Waals surface area contributed by atoms with Crippen LogP contribution in [-0.4, -0.2) is 10.9 Å². The van der Waals surface area contributed by atoms with E-state index in [2.05, 4.69) is 66.0 Å². The Bertz CT molecular complexity index is 1750. The van der Waals surface area contributed by atoms with Gasteiger partial charge < -0.3 is 5.32 Å². The molecule has 1 heterocycles. The van der Waals surface area contributed by atoms with Gasteiger partial charge in [0.25, 0.3) is 5.91 Å². The van der Waals surface area contributed by atoms with Crippen LogP contribution < -0.4 is 5.32 Å². The van der Waals surface area contributed by atoms with Gasteiger partial charge in [-0.2, -0.15) is 0 Å². The molecular formula is C34H26N2O. The number of pyridine rings is 1. The van der Waals surface area contributed by atoms with E-state index in [9.17, 15) is 4.79 Å². The van der Waals surface area contributed by atoms with Crippen LogP contribution in [0.3, 0.4) is 0 Å². The average molecular weight is 479 g/mol. The van der Waals surface area contributed by atoms with E-state index >= 15 is 0 Å². The number of nitrogens with zero attached hydrogens (tertiary/aromatic N) is 1. The standard InChI is InChI=1S/C34H26N2O/c37-34(23-9-2-1-3-10-23)36-33-31(21-26-11-5-7-13-32(26)35-33)25-15-17-28-24(20-25)16-19-29-27-12-6-4-8-22(27)14-18-30(28)29/h1-15,17-18,21,25H,16,19-20H2,(H,35,36,37). The lowest BCUT2D eigenvalue weighted by Crippen LogP contribution is -2.17. The molecule has 0 spiro atoms. The van der Waals surface area contributed by atoms with Crippen molar-refractivity contribution in [3.8, 4) is 0 Å². The van der Waals surface area contributed by atoms with Crippen molar-refractivity contribution in [3.63, 3.8) is 0 Å². The monoisotopic (exact) mass is 478 g/mol. The molecule has 4 aromatic carbocycles. The van der Waals surface area contributed by atoms with E-state index in [-0.39, 0.29) is 11.8 Å². The zero-order valence-electron chi connectivity index (χ0n) is 20.4. The highest BCUT2D eigenvalue weighted by Gasteiger charge is 2.27. The van der Waals surface area contributed by atoms with Gasteiger partial charge in [0.05, 0.1) is 5.52 Å². The minimum atomic E-state index is -0.136. The molecule has 37 heavy (non-hydrogen) atoms. The first-order valence-corrected chi connectivity index (χ1v) is 12.9. The van der Waals surface area contributed by atoms with Crippen molar-refractivity contribution in [3.05, 3.63) is 137 Å². The van der Waals surface area contributed by atoms with E-state index < -0.39 is 0 Å². The van der Waals surface area contributed by atoms with E-state index in [0.29, 0.717) is 11.4 Å². The molecule has 0 fully saturated rings. The molecule has 0 saturated carbocycles. The van der Waals surface area contributed by atoms with Crippen LogP contribution in [0.15, 0.2) is 115 Å². The van der Waals surface area contributed by atoms with Crippen molar-refractivity contribution in [1.29, 1.82) is 0 Å². The Hall–Kier alpha value is -4.50. The molecule has 1 aromatic heterocycles. The Labute approximate surface area is 216 Å². The predicted molar refractivity (Wildman–Crippen MR) is 152 cm³/mol. The van der Waals surface area contributed by atoms with Gasteiger partial charge in [-0.25, -0.2) is 4.98 Å². The molecule has 3 heteroatoms. The van der Waals surface area contributed by atoms with Crippen LogP contribution in [-0.2, 0) is 6.42 Å². The van der Waals surface area contributed by atoms with Gasteiger partial charge in [-0.1, -0.05) is 90.5 Å². The van der Waals surface area contributed by atoms with E-state index in [4.69, 9.17) is 4.98 Å². The van der Waals surface area contributed by atoms with Gasteiger partial charge in [-0.05, 0) is 71.0 Å². The van der Waals surface area contributed by atoms with Crippen LogP contribution in [0.1, 0.15) is 45.8 Å². The lowest BCUT2D eigenvalue weighted by molar-refractivity contribution is 0.102. The molecule has 178 valence electrons. The summed E-state index contributed by atoms with van der Waals surface area (Å²) in [5.74, 6) is 0.667.